The molecule has 3 rings (SSSR count). The summed E-state index contributed by atoms with van der Waals surface area (Å²) in [6.07, 6.45) is 7.51. The zero-order chi connectivity index (χ0) is 13.1. The van der Waals surface area contributed by atoms with Crippen LogP contribution in [0.25, 0.3) is 0 Å². The highest BCUT2D eigenvalue weighted by atomic mass is 16.5. The van der Waals surface area contributed by atoms with E-state index in [4.69, 9.17) is 9.26 Å². The van der Waals surface area contributed by atoms with Gasteiger partial charge in [0, 0.05) is 12.6 Å². The van der Waals surface area contributed by atoms with Crippen LogP contribution in [0.4, 0.5) is 0 Å². The summed E-state index contributed by atoms with van der Waals surface area (Å²) in [4.78, 5) is 4.46. The number of fused-ring (bicyclic) bond motifs is 1. The summed E-state index contributed by atoms with van der Waals surface area (Å²) < 4.78 is 10.8. The number of ether oxygens (including phenoxy) is 1. The van der Waals surface area contributed by atoms with Gasteiger partial charge >= 0.3 is 0 Å². The Morgan fingerprint density at radius 3 is 3.11 bits per heavy atom. The molecular formula is C14H23N3O2. The Morgan fingerprint density at radius 1 is 1.37 bits per heavy atom. The van der Waals surface area contributed by atoms with E-state index in [1.54, 1.807) is 0 Å². The van der Waals surface area contributed by atoms with Crippen LogP contribution >= 0.6 is 0 Å². The molecule has 1 aliphatic carbocycles. The number of nitrogens with one attached hydrogen (secondary N) is 1. The number of rotatable bonds is 5. The van der Waals surface area contributed by atoms with Crippen molar-refractivity contribution < 1.29 is 9.26 Å². The minimum atomic E-state index is 0.250. The molecule has 0 spiro atoms. The minimum absolute atomic E-state index is 0.250. The molecule has 1 N–H and O–H groups in total. The summed E-state index contributed by atoms with van der Waals surface area (Å²) in [5, 5.41) is 7.65. The van der Waals surface area contributed by atoms with E-state index in [1.807, 2.05) is 0 Å². The minimum Gasteiger partial charge on any atom is -0.373 e. The van der Waals surface area contributed by atoms with Gasteiger partial charge in [0.1, 0.15) is 6.61 Å². The molecule has 106 valence electrons. The van der Waals surface area contributed by atoms with E-state index in [1.165, 1.54) is 25.7 Å². The van der Waals surface area contributed by atoms with E-state index in [2.05, 4.69) is 22.4 Å². The molecule has 1 aromatic heterocycles. The molecule has 0 aromatic carbocycles. The van der Waals surface area contributed by atoms with Crippen LogP contribution < -0.4 is 5.32 Å². The van der Waals surface area contributed by atoms with Crippen molar-refractivity contribution in [3.63, 3.8) is 0 Å². The van der Waals surface area contributed by atoms with Crippen LogP contribution in [0.2, 0.25) is 0 Å². The fourth-order valence-electron chi connectivity index (χ4n) is 3.29. The number of aromatic nitrogens is 2. The molecule has 0 radical (unpaired) electrons. The molecule has 5 heteroatoms. The van der Waals surface area contributed by atoms with E-state index < -0.39 is 0 Å². The average molecular weight is 265 g/mol. The van der Waals surface area contributed by atoms with Crippen LogP contribution in [-0.4, -0.2) is 22.8 Å². The van der Waals surface area contributed by atoms with Gasteiger partial charge in [-0.25, -0.2) is 0 Å². The van der Waals surface area contributed by atoms with E-state index in [-0.39, 0.29) is 6.04 Å². The van der Waals surface area contributed by atoms with Gasteiger partial charge in [0.15, 0.2) is 5.82 Å². The highest BCUT2D eigenvalue weighted by molar-refractivity contribution is 5.01. The van der Waals surface area contributed by atoms with Gasteiger partial charge in [0.05, 0.1) is 6.04 Å². The molecule has 2 fully saturated rings. The van der Waals surface area contributed by atoms with Crippen molar-refractivity contribution in [2.75, 3.05) is 6.61 Å². The van der Waals surface area contributed by atoms with Crippen molar-refractivity contribution in [1.29, 1.82) is 0 Å². The first-order valence-corrected chi connectivity index (χ1v) is 7.53. The summed E-state index contributed by atoms with van der Waals surface area (Å²) >= 11 is 0. The van der Waals surface area contributed by atoms with Crippen LogP contribution in [-0.2, 0) is 11.3 Å². The Hall–Kier alpha value is -0.940. The third kappa shape index (κ3) is 2.98. The topological polar surface area (TPSA) is 60.2 Å². The van der Waals surface area contributed by atoms with Gasteiger partial charge in [0.25, 0.3) is 0 Å². The van der Waals surface area contributed by atoms with E-state index in [0.717, 1.165) is 31.3 Å². The van der Waals surface area contributed by atoms with Gasteiger partial charge in [-0.15, -0.1) is 0 Å². The largest absolute Gasteiger partial charge is 0.373 e. The van der Waals surface area contributed by atoms with Gasteiger partial charge in [-0.2, -0.15) is 4.98 Å². The lowest BCUT2D eigenvalue weighted by molar-refractivity contribution is 0.114. The Kier molecular flexibility index (Phi) is 4.13. The third-order valence-electron chi connectivity index (χ3n) is 4.22. The molecule has 1 saturated carbocycles. The molecule has 1 aromatic rings. The van der Waals surface area contributed by atoms with Crippen molar-refractivity contribution in [3.05, 3.63) is 11.7 Å². The second-order valence-corrected chi connectivity index (χ2v) is 5.71. The van der Waals surface area contributed by atoms with Crippen LogP contribution in [0.1, 0.15) is 63.2 Å². The Bertz CT molecular complexity index is 393. The molecule has 2 aliphatic rings. The molecule has 3 atom stereocenters. The molecular weight excluding hydrogens is 242 g/mol. The molecule has 5 nitrogen and oxygen atoms in total. The fourth-order valence-corrected chi connectivity index (χ4v) is 3.29. The lowest BCUT2D eigenvalue weighted by atomic mass is 9.85. The normalized spacial score (nSPS) is 30.5. The van der Waals surface area contributed by atoms with Crippen molar-refractivity contribution >= 4 is 0 Å². The number of hydrogen-bond acceptors (Lipinski definition) is 5. The van der Waals surface area contributed by atoms with Crippen molar-refractivity contribution in [1.82, 2.24) is 15.5 Å². The monoisotopic (exact) mass is 265 g/mol. The maximum absolute atomic E-state index is 5.43. The summed E-state index contributed by atoms with van der Waals surface area (Å²) in [6.45, 7) is 3.29. The van der Waals surface area contributed by atoms with Gasteiger partial charge in [0.2, 0.25) is 5.89 Å². The average Bonchev–Trinajstić information content (AvgIpc) is 3.04. The molecule has 2 heterocycles. The first-order valence-electron chi connectivity index (χ1n) is 7.53. The summed E-state index contributed by atoms with van der Waals surface area (Å²) in [5.74, 6) is 2.20. The Balaban J connectivity index is 1.57. The van der Waals surface area contributed by atoms with Gasteiger partial charge in [-0.05, 0) is 31.6 Å². The van der Waals surface area contributed by atoms with E-state index in [9.17, 15) is 0 Å². The lowest BCUT2D eigenvalue weighted by Gasteiger charge is -2.24. The van der Waals surface area contributed by atoms with E-state index >= 15 is 0 Å². The lowest BCUT2D eigenvalue weighted by Crippen LogP contribution is -2.30. The molecule has 0 bridgehead atoms. The van der Waals surface area contributed by atoms with Crippen LogP contribution in [0, 0.1) is 5.92 Å². The fraction of sp³-hybridized carbons (Fsp3) is 0.857. The predicted octanol–water partition coefficient (Wildman–Crippen LogP) is 2.59. The third-order valence-corrected chi connectivity index (χ3v) is 4.22. The van der Waals surface area contributed by atoms with Crippen LogP contribution in [0.5, 0.6) is 0 Å². The van der Waals surface area contributed by atoms with Crippen LogP contribution in [0.15, 0.2) is 4.52 Å². The highest BCUT2D eigenvalue weighted by Crippen LogP contribution is 2.38. The summed E-state index contributed by atoms with van der Waals surface area (Å²) in [5.41, 5.74) is 0. The van der Waals surface area contributed by atoms with Gasteiger partial charge in [-0.3, -0.25) is 0 Å². The standard InChI is InChI=1S/C14H23N3O2/c1-2-7-18-9-13-16-14(19-17-13)12-8-10-5-3-4-6-11(10)15-12/h10-12,15H,2-9H2,1H3. The first kappa shape index (κ1) is 13.1. The molecule has 3 unspecified atom stereocenters. The maximum atomic E-state index is 5.43. The zero-order valence-corrected chi connectivity index (χ0v) is 11.6. The Labute approximate surface area is 114 Å². The SMILES string of the molecule is CCCOCc1noc(C2CC3CCCCC3N2)n1. The van der Waals surface area contributed by atoms with Crippen molar-refractivity contribution in [3.8, 4) is 0 Å². The molecule has 19 heavy (non-hydrogen) atoms. The highest BCUT2D eigenvalue weighted by Gasteiger charge is 2.38. The van der Waals surface area contributed by atoms with E-state index in [0.29, 0.717) is 18.5 Å². The number of hydrogen-bond donors (Lipinski definition) is 1. The first-order chi connectivity index (χ1) is 9.36. The smallest absolute Gasteiger partial charge is 0.243 e. The van der Waals surface area contributed by atoms with Gasteiger partial charge < -0.3 is 14.6 Å². The molecule has 1 aliphatic heterocycles. The molecule has 0 amide bonds. The summed E-state index contributed by atoms with van der Waals surface area (Å²) in [7, 11) is 0. The van der Waals surface area contributed by atoms with Gasteiger partial charge in [-0.1, -0.05) is 24.9 Å². The maximum Gasteiger partial charge on any atom is 0.243 e. The second kappa shape index (κ2) is 6.01. The summed E-state index contributed by atoms with van der Waals surface area (Å²) in [6, 6.07) is 0.908. The predicted molar refractivity (Wildman–Crippen MR) is 70.5 cm³/mol. The quantitative estimate of drug-likeness (QED) is 0.829. The Morgan fingerprint density at radius 2 is 2.26 bits per heavy atom. The zero-order valence-electron chi connectivity index (χ0n) is 11.6. The van der Waals surface area contributed by atoms with Crippen LogP contribution in [0.3, 0.4) is 0 Å². The molecule has 1 saturated heterocycles. The van der Waals surface area contributed by atoms with Crippen molar-refractivity contribution in [2.24, 2.45) is 5.92 Å². The second-order valence-electron chi connectivity index (χ2n) is 5.71. The van der Waals surface area contributed by atoms with Crippen molar-refractivity contribution in [2.45, 2.75) is 64.1 Å². The number of nitrogens with zero attached hydrogens (tertiary/aromatic N) is 2.